The third kappa shape index (κ3) is 4.05. The van der Waals surface area contributed by atoms with Gasteiger partial charge in [0.15, 0.2) is 0 Å². The molecule has 116 valence electrons. The molecule has 0 bridgehead atoms. The molecule has 2 heterocycles. The van der Waals surface area contributed by atoms with Gasteiger partial charge in [0.05, 0.1) is 25.4 Å². The van der Waals surface area contributed by atoms with Gasteiger partial charge in [-0.05, 0) is 12.1 Å². The Labute approximate surface area is 134 Å². The first-order chi connectivity index (χ1) is 11.3. The standard InChI is InChI=1S/C17H16N4O2/c18-9-5-10-21(12-15-8-4-11-22-15)13-16-19-17(20-23-16)14-6-2-1-3-7-14/h1-4,6-8,11H,5,10,12-13H2. The van der Waals surface area contributed by atoms with Crippen LogP contribution in [0.5, 0.6) is 0 Å². The van der Waals surface area contributed by atoms with Crippen molar-refractivity contribution in [3.63, 3.8) is 0 Å². The molecule has 3 rings (SSSR count). The van der Waals surface area contributed by atoms with E-state index in [-0.39, 0.29) is 0 Å². The molecular formula is C17H16N4O2. The van der Waals surface area contributed by atoms with E-state index >= 15 is 0 Å². The summed E-state index contributed by atoms with van der Waals surface area (Å²) >= 11 is 0. The van der Waals surface area contributed by atoms with E-state index < -0.39 is 0 Å². The fraction of sp³-hybridized carbons (Fsp3) is 0.235. The van der Waals surface area contributed by atoms with Crippen LogP contribution >= 0.6 is 0 Å². The van der Waals surface area contributed by atoms with Crippen LogP contribution in [0.3, 0.4) is 0 Å². The normalized spacial score (nSPS) is 10.8. The van der Waals surface area contributed by atoms with Crippen molar-refractivity contribution in [2.75, 3.05) is 6.54 Å². The van der Waals surface area contributed by atoms with Gasteiger partial charge in [0.1, 0.15) is 5.76 Å². The second-order valence-electron chi connectivity index (χ2n) is 5.08. The smallest absolute Gasteiger partial charge is 0.241 e. The van der Waals surface area contributed by atoms with E-state index in [0.29, 0.717) is 37.8 Å². The molecule has 0 saturated carbocycles. The van der Waals surface area contributed by atoms with Gasteiger partial charge < -0.3 is 8.94 Å². The van der Waals surface area contributed by atoms with E-state index in [1.165, 1.54) is 0 Å². The van der Waals surface area contributed by atoms with Gasteiger partial charge in [-0.25, -0.2) is 0 Å². The monoisotopic (exact) mass is 308 g/mol. The van der Waals surface area contributed by atoms with Gasteiger partial charge >= 0.3 is 0 Å². The number of nitriles is 1. The zero-order valence-corrected chi connectivity index (χ0v) is 12.6. The molecular weight excluding hydrogens is 292 g/mol. The molecule has 0 radical (unpaired) electrons. The van der Waals surface area contributed by atoms with Gasteiger partial charge in [0.2, 0.25) is 11.7 Å². The Morgan fingerprint density at radius 2 is 1.96 bits per heavy atom. The molecule has 1 aromatic carbocycles. The Morgan fingerprint density at radius 1 is 1.09 bits per heavy atom. The molecule has 0 spiro atoms. The number of furan rings is 1. The van der Waals surface area contributed by atoms with Crippen LogP contribution in [-0.2, 0) is 13.1 Å². The van der Waals surface area contributed by atoms with Crippen LogP contribution in [0.1, 0.15) is 18.1 Å². The van der Waals surface area contributed by atoms with Crippen molar-refractivity contribution in [2.45, 2.75) is 19.5 Å². The van der Waals surface area contributed by atoms with Crippen molar-refractivity contribution in [2.24, 2.45) is 0 Å². The molecule has 3 aromatic rings. The molecule has 0 N–H and O–H groups in total. The predicted octanol–water partition coefficient (Wildman–Crippen LogP) is 3.25. The lowest BCUT2D eigenvalue weighted by Gasteiger charge is -2.17. The summed E-state index contributed by atoms with van der Waals surface area (Å²) in [6.07, 6.45) is 2.07. The average molecular weight is 308 g/mol. The SMILES string of the molecule is N#CCCN(Cc1ccco1)Cc1nc(-c2ccccc2)no1. The molecule has 0 aliphatic carbocycles. The lowest BCUT2D eigenvalue weighted by atomic mass is 10.2. The summed E-state index contributed by atoms with van der Waals surface area (Å²) in [6, 6.07) is 15.6. The number of aromatic nitrogens is 2. The van der Waals surface area contributed by atoms with Gasteiger partial charge in [0, 0.05) is 18.5 Å². The Balaban J connectivity index is 1.70. The van der Waals surface area contributed by atoms with Crippen LogP contribution in [0.15, 0.2) is 57.7 Å². The van der Waals surface area contributed by atoms with Crippen molar-refractivity contribution in [3.8, 4) is 17.5 Å². The molecule has 0 unspecified atom stereocenters. The van der Waals surface area contributed by atoms with Crippen LogP contribution in [0.2, 0.25) is 0 Å². The maximum atomic E-state index is 8.81. The number of hydrogen-bond donors (Lipinski definition) is 0. The van der Waals surface area contributed by atoms with E-state index in [1.807, 2.05) is 47.4 Å². The van der Waals surface area contributed by atoms with Gasteiger partial charge in [-0.3, -0.25) is 4.90 Å². The highest BCUT2D eigenvalue weighted by atomic mass is 16.5. The third-order valence-corrected chi connectivity index (χ3v) is 3.36. The lowest BCUT2D eigenvalue weighted by molar-refractivity contribution is 0.208. The molecule has 6 nitrogen and oxygen atoms in total. The fourth-order valence-corrected chi connectivity index (χ4v) is 2.26. The average Bonchev–Trinajstić information content (AvgIpc) is 3.25. The highest BCUT2D eigenvalue weighted by Gasteiger charge is 2.14. The van der Waals surface area contributed by atoms with E-state index in [9.17, 15) is 0 Å². The van der Waals surface area contributed by atoms with Crippen molar-refractivity contribution in [1.82, 2.24) is 15.0 Å². The van der Waals surface area contributed by atoms with Gasteiger partial charge in [-0.15, -0.1) is 0 Å². The molecule has 2 aromatic heterocycles. The van der Waals surface area contributed by atoms with Gasteiger partial charge in [0.25, 0.3) is 0 Å². The molecule has 0 aliphatic rings. The molecule has 6 heteroatoms. The Hall–Kier alpha value is -2.91. The largest absolute Gasteiger partial charge is 0.468 e. The molecule has 0 amide bonds. The van der Waals surface area contributed by atoms with E-state index in [4.69, 9.17) is 14.2 Å². The summed E-state index contributed by atoms with van der Waals surface area (Å²) in [7, 11) is 0. The number of benzene rings is 1. The van der Waals surface area contributed by atoms with Gasteiger partial charge in [-0.2, -0.15) is 10.2 Å². The number of hydrogen-bond acceptors (Lipinski definition) is 6. The van der Waals surface area contributed by atoms with E-state index in [1.54, 1.807) is 6.26 Å². The van der Waals surface area contributed by atoms with Gasteiger partial charge in [-0.1, -0.05) is 35.5 Å². The fourth-order valence-electron chi connectivity index (χ4n) is 2.26. The van der Waals surface area contributed by atoms with Crippen molar-refractivity contribution in [3.05, 3.63) is 60.4 Å². The summed E-state index contributed by atoms with van der Waals surface area (Å²) in [5.41, 5.74) is 0.914. The van der Waals surface area contributed by atoms with E-state index in [0.717, 1.165) is 11.3 Å². The zero-order chi connectivity index (χ0) is 15.9. The summed E-state index contributed by atoms with van der Waals surface area (Å²) < 4.78 is 10.7. The molecule has 0 atom stereocenters. The first-order valence-electron chi connectivity index (χ1n) is 7.35. The van der Waals surface area contributed by atoms with Crippen LogP contribution in [0.25, 0.3) is 11.4 Å². The Morgan fingerprint density at radius 3 is 2.70 bits per heavy atom. The first-order valence-corrected chi connectivity index (χ1v) is 7.35. The maximum absolute atomic E-state index is 8.81. The zero-order valence-electron chi connectivity index (χ0n) is 12.6. The minimum atomic E-state index is 0.431. The number of nitrogens with zero attached hydrogens (tertiary/aromatic N) is 4. The van der Waals surface area contributed by atoms with Crippen molar-refractivity contribution >= 4 is 0 Å². The molecule has 0 aliphatic heterocycles. The van der Waals surface area contributed by atoms with Crippen LogP contribution < -0.4 is 0 Å². The minimum Gasteiger partial charge on any atom is -0.468 e. The van der Waals surface area contributed by atoms with E-state index in [2.05, 4.69) is 16.2 Å². The highest BCUT2D eigenvalue weighted by Crippen LogP contribution is 2.16. The van der Waals surface area contributed by atoms with Crippen LogP contribution in [0.4, 0.5) is 0 Å². The Kier molecular flexibility index (Phi) is 4.82. The lowest BCUT2D eigenvalue weighted by Crippen LogP contribution is -2.23. The molecule has 23 heavy (non-hydrogen) atoms. The second kappa shape index (κ2) is 7.38. The quantitative estimate of drug-likeness (QED) is 0.666. The summed E-state index contributed by atoms with van der Waals surface area (Å²) in [5.74, 6) is 1.93. The van der Waals surface area contributed by atoms with Crippen LogP contribution in [-0.4, -0.2) is 21.6 Å². The predicted molar refractivity (Wildman–Crippen MR) is 82.8 cm³/mol. The molecule has 0 saturated heterocycles. The summed E-state index contributed by atoms with van der Waals surface area (Å²) in [4.78, 5) is 6.47. The second-order valence-corrected chi connectivity index (χ2v) is 5.08. The Bertz CT molecular complexity index is 760. The number of rotatable bonds is 7. The van der Waals surface area contributed by atoms with Crippen LogP contribution in [0, 0.1) is 11.3 Å². The molecule has 0 fully saturated rings. The topological polar surface area (TPSA) is 79.1 Å². The first kappa shape index (κ1) is 15.0. The summed E-state index contributed by atoms with van der Waals surface area (Å²) in [5, 5.41) is 12.8. The highest BCUT2D eigenvalue weighted by molar-refractivity contribution is 5.53. The minimum absolute atomic E-state index is 0.431. The summed E-state index contributed by atoms with van der Waals surface area (Å²) in [6.45, 7) is 1.68. The maximum Gasteiger partial charge on any atom is 0.241 e. The van der Waals surface area contributed by atoms with Crippen molar-refractivity contribution < 1.29 is 8.94 Å². The van der Waals surface area contributed by atoms with Crippen molar-refractivity contribution in [1.29, 1.82) is 5.26 Å². The third-order valence-electron chi connectivity index (χ3n) is 3.36.